The molecular formula is C10H6BrClN2O4S2. The summed E-state index contributed by atoms with van der Waals surface area (Å²) >= 11 is 10.1. The van der Waals surface area contributed by atoms with Gasteiger partial charge in [0.05, 0.1) is 15.4 Å². The number of anilines is 1. The number of hydrogen-bond acceptors (Lipinski definition) is 5. The monoisotopic (exact) mass is 396 g/mol. The van der Waals surface area contributed by atoms with Crippen LogP contribution in [0.5, 0.6) is 0 Å². The molecule has 1 amide bonds. The van der Waals surface area contributed by atoms with Crippen molar-refractivity contribution >= 4 is 60.8 Å². The van der Waals surface area contributed by atoms with Crippen LogP contribution in [-0.4, -0.2) is 24.6 Å². The predicted molar refractivity (Wildman–Crippen MR) is 79.0 cm³/mol. The van der Waals surface area contributed by atoms with Crippen molar-refractivity contribution < 1.29 is 18.3 Å². The van der Waals surface area contributed by atoms with E-state index in [4.69, 9.17) is 16.7 Å². The molecule has 0 atom stereocenters. The summed E-state index contributed by atoms with van der Waals surface area (Å²) in [5, 5.41) is 10.6. The third kappa shape index (κ3) is 2.80. The Morgan fingerprint density at radius 2 is 2.15 bits per heavy atom. The topological polar surface area (TPSA) is 87.6 Å². The van der Waals surface area contributed by atoms with Crippen LogP contribution in [-0.2, 0) is 10.0 Å². The number of carboxylic acid groups (broad SMARTS) is 1. The number of thiazole rings is 1. The Labute approximate surface area is 131 Å². The second kappa shape index (κ2) is 5.68. The SMILES string of the molecule is O=C(O)N(c1cscn1)S(=O)(=O)c1ccc(Br)c(Cl)c1. The van der Waals surface area contributed by atoms with E-state index in [0.29, 0.717) is 4.47 Å². The smallest absolute Gasteiger partial charge is 0.427 e. The number of rotatable bonds is 3. The molecular weight excluding hydrogens is 392 g/mol. The van der Waals surface area contributed by atoms with Crippen molar-refractivity contribution in [3.05, 3.63) is 38.6 Å². The summed E-state index contributed by atoms with van der Waals surface area (Å²) in [6.07, 6.45) is -1.64. The molecule has 0 spiro atoms. The minimum Gasteiger partial charge on any atom is -0.464 e. The first kappa shape index (κ1) is 15.2. The van der Waals surface area contributed by atoms with Crippen molar-refractivity contribution in [3.63, 3.8) is 0 Å². The predicted octanol–water partition coefficient (Wildman–Crippen LogP) is 3.43. The number of benzene rings is 1. The minimum atomic E-state index is -4.29. The van der Waals surface area contributed by atoms with Gasteiger partial charge in [0, 0.05) is 9.85 Å². The van der Waals surface area contributed by atoms with Gasteiger partial charge in [-0.3, -0.25) is 0 Å². The quantitative estimate of drug-likeness (QED) is 0.857. The van der Waals surface area contributed by atoms with Gasteiger partial charge < -0.3 is 5.11 Å². The highest BCUT2D eigenvalue weighted by Crippen LogP contribution is 2.29. The lowest BCUT2D eigenvalue weighted by atomic mass is 10.4. The molecule has 0 aliphatic carbocycles. The largest absolute Gasteiger partial charge is 0.464 e. The maximum atomic E-state index is 12.4. The molecule has 0 bridgehead atoms. The molecule has 0 saturated heterocycles. The van der Waals surface area contributed by atoms with Crippen molar-refractivity contribution in [2.24, 2.45) is 0 Å². The van der Waals surface area contributed by atoms with Gasteiger partial charge in [0.2, 0.25) is 0 Å². The molecule has 6 nitrogen and oxygen atoms in total. The fourth-order valence-electron chi connectivity index (χ4n) is 1.37. The standard InChI is InChI=1S/C10H6BrClN2O4S2/c11-7-2-1-6(3-8(7)12)20(17,18)14(10(15)16)9-4-19-5-13-9/h1-5H,(H,15,16). The number of halogens is 2. The fourth-order valence-corrected chi connectivity index (χ4v) is 3.72. The Morgan fingerprint density at radius 3 is 2.65 bits per heavy atom. The third-order valence-corrected chi connectivity index (χ3v) is 5.71. The van der Waals surface area contributed by atoms with E-state index >= 15 is 0 Å². The van der Waals surface area contributed by atoms with Gasteiger partial charge in [-0.25, -0.2) is 18.2 Å². The lowest BCUT2D eigenvalue weighted by molar-refractivity contribution is 0.206. The van der Waals surface area contributed by atoms with Gasteiger partial charge in [-0.05, 0) is 34.1 Å². The number of amides is 1. The van der Waals surface area contributed by atoms with Crippen molar-refractivity contribution in [3.8, 4) is 0 Å². The van der Waals surface area contributed by atoms with Crippen molar-refractivity contribution in [1.29, 1.82) is 0 Å². The van der Waals surface area contributed by atoms with Gasteiger partial charge in [0.15, 0.2) is 5.82 Å². The van der Waals surface area contributed by atoms with Crippen LogP contribution < -0.4 is 4.31 Å². The van der Waals surface area contributed by atoms with E-state index in [2.05, 4.69) is 20.9 Å². The maximum Gasteiger partial charge on any atom is 0.427 e. The summed E-state index contributed by atoms with van der Waals surface area (Å²) in [6.45, 7) is 0. The van der Waals surface area contributed by atoms with Crippen LogP contribution in [0.15, 0.2) is 38.5 Å². The third-order valence-electron chi connectivity index (χ3n) is 2.23. The average Bonchev–Trinajstić information content (AvgIpc) is 2.85. The molecule has 1 aromatic heterocycles. The highest BCUT2D eigenvalue weighted by Gasteiger charge is 2.32. The van der Waals surface area contributed by atoms with E-state index in [-0.39, 0.29) is 20.0 Å². The molecule has 2 rings (SSSR count). The van der Waals surface area contributed by atoms with Gasteiger partial charge in [-0.2, -0.15) is 0 Å². The molecule has 2 aromatic rings. The first-order valence-corrected chi connectivity index (χ1v) is 8.51. The Morgan fingerprint density at radius 1 is 1.45 bits per heavy atom. The summed E-state index contributed by atoms with van der Waals surface area (Å²) in [7, 11) is -4.29. The van der Waals surface area contributed by atoms with Crippen molar-refractivity contribution in [1.82, 2.24) is 4.98 Å². The zero-order valence-corrected chi connectivity index (χ0v) is 13.5. The maximum absolute atomic E-state index is 12.4. The molecule has 1 aromatic carbocycles. The number of hydrogen-bond donors (Lipinski definition) is 1. The zero-order valence-electron chi connectivity index (χ0n) is 9.53. The Balaban J connectivity index is 2.57. The molecule has 0 fully saturated rings. The summed E-state index contributed by atoms with van der Waals surface area (Å²) in [6, 6.07) is 3.85. The molecule has 1 heterocycles. The van der Waals surface area contributed by atoms with Gasteiger partial charge in [-0.15, -0.1) is 15.6 Å². The lowest BCUT2D eigenvalue weighted by Crippen LogP contribution is -2.36. The summed E-state index contributed by atoms with van der Waals surface area (Å²) in [4.78, 5) is 14.7. The second-order valence-electron chi connectivity index (χ2n) is 3.47. The number of sulfonamides is 1. The average molecular weight is 398 g/mol. The Bertz CT molecular complexity index is 749. The van der Waals surface area contributed by atoms with E-state index in [1.807, 2.05) is 0 Å². The highest BCUT2D eigenvalue weighted by molar-refractivity contribution is 9.10. The normalized spacial score (nSPS) is 11.3. The van der Waals surface area contributed by atoms with Gasteiger partial charge in [-0.1, -0.05) is 11.6 Å². The Hall–Kier alpha value is -1.16. The minimum absolute atomic E-state index is 0.162. The molecule has 0 radical (unpaired) electrons. The van der Waals surface area contributed by atoms with E-state index < -0.39 is 16.1 Å². The lowest BCUT2D eigenvalue weighted by Gasteiger charge is -2.16. The van der Waals surface area contributed by atoms with Crippen LogP contribution in [0.3, 0.4) is 0 Å². The molecule has 0 saturated carbocycles. The summed E-state index contributed by atoms with van der Waals surface area (Å²) in [5.74, 6) is -0.179. The van der Waals surface area contributed by atoms with Gasteiger partial charge >= 0.3 is 6.09 Å². The fraction of sp³-hybridized carbons (Fsp3) is 0. The molecule has 1 N–H and O–H groups in total. The van der Waals surface area contributed by atoms with E-state index in [9.17, 15) is 13.2 Å². The molecule has 0 aliphatic heterocycles. The second-order valence-corrected chi connectivity index (χ2v) is 7.24. The summed E-state index contributed by atoms with van der Waals surface area (Å²) < 4.78 is 25.5. The first-order valence-electron chi connectivity index (χ1n) is 4.95. The Kier molecular flexibility index (Phi) is 4.33. The van der Waals surface area contributed by atoms with Gasteiger partial charge in [0.1, 0.15) is 0 Å². The van der Waals surface area contributed by atoms with Crippen LogP contribution in [0.2, 0.25) is 5.02 Å². The number of aromatic nitrogens is 1. The van der Waals surface area contributed by atoms with Crippen LogP contribution in [0.4, 0.5) is 10.6 Å². The van der Waals surface area contributed by atoms with Crippen LogP contribution in [0.1, 0.15) is 0 Å². The first-order chi connectivity index (χ1) is 9.34. The van der Waals surface area contributed by atoms with E-state index in [1.165, 1.54) is 29.1 Å². The van der Waals surface area contributed by atoms with Crippen LogP contribution in [0.25, 0.3) is 0 Å². The molecule has 106 valence electrons. The zero-order chi connectivity index (χ0) is 14.9. The molecule has 0 aliphatic rings. The van der Waals surface area contributed by atoms with E-state index in [0.717, 1.165) is 11.3 Å². The summed E-state index contributed by atoms with van der Waals surface area (Å²) in [5.41, 5.74) is 1.34. The highest BCUT2D eigenvalue weighted by atomic mass is 79.9. The number of carbonyl (C=O) groups is 1. The molecule has 10 heteroatoms. The number of nitrogens with zero attached hydrogens (tertiary/aromatic N) is 2. The van der Waals surface area contributed by atoms with Crippen molar-refractivity contribution in [2.45, 2.75) is 4.90 Å². The van der Waals surface area contributed by atoms with Crippen LogP contribution >= 0.6 is 38.9 Å². The van der Waals surface area contributed by atoms with Crippen molar-refractivity contribution in [2.75, 3.05) is 4.31 Å². The molecule has 0 unspecified atom stereocenters. The molecule has 20 heavy (non-hydrogen) atoms. The van der Waals surface area contributed by atoms with Crippen LogP contribution in [0, 0.1) is 0 Å². The van der Waals surface area contributed by atoms with Gasteiger partial charge in [0.25, 0.3) is 10.0 Å². The van der Waals surface area contributed by atoms with E-state index in [1.54, 1.807) is 0 Å².